The Bertz CT molecular complexity index is 602. The molecule has 0 radical (unpaired) electrons. The van der Waals surface area contributed by atoms with Gasteiger partial charge >= 0.3 is 6.03 Å². The van der Waals surface area contributed by atoms with Crippen LogP contribution < -0.4 is 16.0 Å². The second-order valence-electron chi connectivity index (χ2n) is 9.96. The topological polar surface area (TPSA) is 97.9 Å². The van der Waals surface area contributed by atoms with Crippen LogP contribution in [-0.4, -0.2) is 87.0 Å². The molecule has 0 spiro atoms. The highest BCUT2D eigenvalue weighted by Gasteiger charge is 2.42. The number of unbranched alkanes of at least 4 members (excludes halogenated alkanes) is 9. The largest absolute Gasteiger partial charge is 0.379 e. The number of hydrogen-bond donors (Lipinski definition) is 4. The summed E-state index contributed by atoms with van der Waals surface area (Å²) in [6.07, 6.45) is 15.1. The third-order valence-electron chi connectivity index (χ3n) is 6.84. The molecule has 2 aliphatic heterocycles. The molecule has 2 heterocycles. The van der Waals surface area contributed by atoms with Crippen molar-refractivity contribution in [3.8, 4) is 0 Å². The van der Waals surface area contributed by atoms with Gasteiger partial charge < -0.3 is 30.2 Å². The Morgan fingerprint density at radius 1 is 0.811 bits per heavy atom. The van der Waals surface area contributed by atoms with E-state index in [1.807, 2.05) is 11.8 Å². The van der Waals surface area contributed by atoms with E-state index in [2.05, 4.69) is 28.6 Å². The van der Waals surface area contributed by atoms with Gasteiger partial charge in [0.2, 0.25) is 5.91 Å². The smallest absolute Gasteiger partial charge is 0.315 e. The summed E-state index contributed by atoms with van der Waals surface area (Å²) < 4.78 is 16.7. The molecule has 2 saturated heterocycles. The number of urea groups is 1. The Labute approximate surface area is 234 Å². The quantitative estimate of drug-likeness (QED) is 0.0753. The predicted octanol–water partition coefficient (Wildman–Crippen LogP) is 4.32. The fraction of sp³-hybridized carbons (Fsp3) is 0.926. The Kier molecular flexibility index (Phi) is 19.5. The number of fused-ring (bicyclic) bond motifs is 1. The maximum atomic E-state index is 12.0. The highest BCUT2D eigenvalue weighted by atomic mass is 32.2. The van der Waals surface area contributed by atoms with Crippen LogP contribution >= 0.6 is 24.4 Å². The second kappa shape index (κ2) is 22.2. The number of thiol groups is 1. The van der Waals surface area contributed by atoms with Crippen molar-refractivity contribution in [2.75, 3.05) is 57.7 Å². The lowest BCUT2D eigenvalue weighted by Crippen LogP contribution is -2.36. The van der Waals surface area contributed by atoms with Crippen LogP contribution in [0.15, 0.2) is 0 Å². The minimum absolute atomic E-state index is 0.0454. The van der Waals surface area contributed by atoms with Crippen LogP contribution in [0.2, 0.25) is 0 Å². The molecule has 2 rings (SSSR count). The standard InChI is InChI=1S/C27H51N3O5S2/c31-25(13-9-8-12-24-26-23(22-37-24)29-27(32)30-26)28-14-16-34-18-20-35-19-17-33-15-10-6-4-2-1-3-5-7-11-21-36/h23-24,26,36H,1-22H2,(H,28,31)(H2,29,30,32)/t23-,24-,26-/m0/s1. The van der Waals surface area contributed by atoms with Gasteiger partial charge in [0.25, 0.3) is 0 Å². The highest BCUT2D eigenvalue weighted by molar-refractivity contribution is 8.00. The minimum Gasteiger partial charge on any atom is -0.379 e. The first-order valence-electron chi connectivity index (χ1n) is 14.5. The van der Waals surface area contributed by atoms with Gasteiger partial charge in [-0.1, -0.05) is 51.4 Å². The van der Waals surface area contributed by atoms with E-state index in [9.17, 15) is 9.59 Å². The van der Waals surface area contributed by atoms with Crippen molar-refractivity contribution >= 4 is 36.3 Å². The van der Waals surface area contributed by atoms with Crippen molar-refractivity contribution in [3.63, 3.8) is 0 Å². The molecule has 2 aliphatic rings. The molecule has 0 saturated carbocycles. The number of nitrogens with one attached hydrogen (secondary N) is 3. The van der Waals surface area contributed by atoms with E-state index in [1.165, 1.54) is 51.4 Å². The van der Waals surface area contributed by atoms with Gasteiger partial charge in [-0.05, 0) is 31.4 Å². The summed E-state index contributed by atoms with van der Waals surface area (Å²) in [5.74, 6) is 2.07. The van der Waals surface area contributed by atoms with Crippen molar-refractivity contribution in [2.45, 2.75) is 101 Å². The molecule has 216 valence electrons. The van der Waals surface area contributed by atoms with Crippen LogP contribution in [0.25, 0.3) is 0 Å². The zero-order chi connectivity index (χ0) is 26.4. The monoisotopic (exact) mass is 561 g/mol. The fourth-order valence-electron chi connectivity index (χ4n) is 4.72. The summed E-state index contributed by atoms with van der Waals surface area (Å²) >= 11 is 6.16. The molecule has 0 aromatic heterocycles. The normalized spacial score (nSPS) is 20.6. The van der Waals surface area contributed by atoms with Crippen molar-refractivity contribution in [3.05, 3.63) is 0 Å². The molecule has 10 heteroatoms. The average Bonchev–Trinajstić information content (AvgIpc) is 3.44. The number of amides is 3. The maximum absolute atomic E-state index is 12.0. The van der Waals surface area contributed by atoms with Gasteiger partial charge in [0, 0.05) is 30.6 Å². The lowest BCUT2D eigenvalue weighted by Gasteiger charge is -2.16. The number of thioether (sulfide) groups is 1. The number of hydrogen-bond acceptors (Lipinski definition) is 7. The molecule has 3 atom stereocenters. The first kappa shape index (κ1) is 32.5. The van der Waals surface area contributed by atoms with E-state index in [1.54, 1.807) is 0 Å². The summed E-state index contributed by atoms with van der Waals surface area (Å²) in [5, 5.41) is 9.34. The molecule has 0 aromatic rings. The Morgan fingerprint density at radius 3 is 2.14 bits per heavy atom. The third kappa shape index (κ3) is 16.1. The first-order valence-corrected chi connectivity index (χ1v) is 16.2. The van der Waals surface area contributed by atoms with Gasteiger partial charge in [-0.25, -0.2) is 4.79 Å². The van der Waals surface area contributed by atoms with Crippen molar-refractivity contribution < 1.29 is 23.8 Å². The molecule has 0 aromatic carbocycles. The maximum Gasteiger partial charge on any atom is 0.315 e. The van der Waals surface area contributed by atoms with Crippen LogP contribution in [0.1, 0.15) is 83.5 Å². The summed E-state index contributed by atoms with van der Waals surface area (Å²) in [7, 11) is 0. The molecule has 37 heavy (non-hydrogen) atoms. The van der Waals surface area contributed by atoms with Crippen LogP contribution in [0, 0.1) is 0 Å². The molecule has 2 fully saturated rings. The van der Waals surface area contributed by atoms with E-state index >= 15 is 0 Å². The van der Waals surface area contributed by atoms with E-state index in [0.717, 1.165) is 43.8 Å². The zero-order valence-corrected chi connectivity index (χ0v) is 24.4. The molecule has 3 N–H and O–H groups in total. The Hall–Kier alpha value is -0.680. The molecule has 0 unspecified atom stereocenters. The van der Waals surface area contributed by atoms with Gasteiger partial charge in [-0.2, -0.15) is 24.4 Å². The third-order valence-corrected chi connectivity index (χ3v) is 8.66. The lowest BCUT2D eigenvalue weighted by molar-refractivity contribution is -0.121. The number of carbonyl (C=O) groups is 2. The lowest BCUT2D eigenvalue weighted by atomic mass is 10.0. The van der Waals surface area contributed by atoms with Crippen molar-refractivity contribution in [1.29, 1.82) is 0 Å². The highest BCUT2D eigenvalue weighted by Crippen LogP contribution is 2.33. The summed E-state index contributed by atoms with van der Waals surface area (Å²) in [6.45, 7) is 4.13. The van der Waals surface area contributed by atoms with Crippen LogP contribution in [0.3, 0.4) is 0 Å². The van der Waals surface area contributed by atoms with Gasteiger partial charge in [0.15, 0.2) is 0 Å². The molecule has 3 amide bonds. The molecule has 8 nitrogen and oxygen atoms in total. The predicted molar refractivity (Wildman–Crippen MR) is 155 cm³/mol. The van der Waals surface area contributed by atoms with Crippen LogP contribution in [-0.2, 0) is 19.0 Å². The average molecular weight is 562 g/mol. The fourth-order valence-corrected chi connectivity index (χ4v) is 6.49. The Morgan fingerprint density at radius 2 is 1.43 bits per heavy atom. The van der Waals surface area contributed by atoms with E-state index in [4.69, 9.17) is 14.2 Å². The molecular formula is C27H51N3O5S2. The molecule has 0 bridgehead atoms. The van der Waals surface area contributed by atoms with Crippen molar-refractivity contribution in [1.82, 2.24) is 16.0 Å². The SMILES string of the molecule is O=C(CCCC[C@@H]1SC[C@@H]2NC(=O)N[C@@H]21)NCCOCCOCCOCCCCCCCCCCCS. The van der Waals surface area contributed by atoms with E-state index < -0.39 is 0 Å². The second-order valence-corrected chi connectivity index (χ2v) is 11.7. The molecule has 0 aliphatic carbocycles. The van der Waals surface area contributed by atoms with Crippen molar-refractivity contribution in [2.24, 2.45) is 0 Å². The van der Waals surface area contributed by atoms with Crippen LogP contribution in [0.4, 0.5) is 4.79 Å². The summed E-state index contributed by atoms with van der Waals surface area (Å²) in [4.78, 5) is 23.4. The Balaban J connectivity index is 1.23. The van der Waals surface area contributed by atoms with Gasteiger partial charge in [-0.15, -0.1) is 0 Å². The number of rotatable bonds is 25. The summed E-state index contributed by atoms with van der Waals surface area (Å²) in [5.41, 5.74) is 0. The van der Waals surface area contributed by atoms with E-state index in [0.29, 0.717) is 51.2 Å². The van der Waals surface area contributed by atoms with Gasteiger partial charge in [0.05, 0.1) is 45.1 Å². The van der Waals surface area contributed by atoms with Gasteiger partial charge in [-0.3, -0.25) is 4.79 Å². The number of carbonyl (C=O) groups excluding carboxylic acids is 2. The summed E-state index contributed by atoms with van der Waals surface area (Å²) in [6, 6.07) is 0.464. The zero-order valence-electron chi connectivity index (χ0n) is 22.7. The number of ether oxygens (including phenoxy) is 3. The minimum atomic E-state index is -0.0454. The van der Waals surface area contributed by atoms with Crippen LogP contribution in [0.5, 0.6) is 0 Å². The van der Waals surface area contributed by atoms with E-state index in [-0.39, 0.29) is 24.0 Å². The molecular weight excluding hydrogens is 510 g/mol. The first-order chi connectivity index (χ1) is 18.2. The van der Waals surface area contributed by atoms with Gasteiger partial charge in [0.1, 0.15) is 0 Å².